The molecule has 1 aliphatic carbocycles. The Morgan fingerprint density at radius 1 is 1.39 bits per heavy atom. The molecule has 1 atom stereocenters. The lowest BCUT2D eigenvalue weighted by Crippen LogP contribution is -2.38. The molecule has 0 aliphatic heterocycles. The second-order valence-electron chi connectivity index (χ2n) is 4.63. The van der Waals surface area contributed by atoms with E-state index >= 15 is 0 Å². The van der Waals surface area contributed by atoms with Crippen LogP contribution in [0.3, 0.4) is 0 Å². The van der Waals surface area contributed by atoms with Crippen LogP contribution in [0.15, 0.2) is 24.3 Å². The summed E-state index contributed by atoms with van der Waals surface area (Å²) in [7, 11) is 0. The Morgan fingerprint density at radius 3 is 2.83 bits per heavy atom. The van der Waals surface area contributed by atoms with Crippen LogP contribution in [0, 0.1) is 0 Å². The largest absolute Gasteiger partial charge is 0.346 e. The van der Waals surface area contributed by atoms with E-state index in [0.717, 1.165) is 24.0 Å². The Bertz CT molecular complexity index is 459. The number of ketones is 1. The Hall–Kier alpha value is -1.29. The fourth-order valence-electron chi connectivity index (χ4n) is 2.24. The smallest absolute Gasteiger partial charge is 0.224 e. The van der Waals surface area contributed by atoms with Crippen molar-refractivity contribution in [3.8, 4) is 0 Å². The molecule has 1 aromatic carbocycles. The maximum Gasteiger partial charge on any atom is 0.224 e. The minimum absolute atomic E-state index is 0.0773. The summed E-state index contributed by atoms with van der Waals surface area (Å²) in [6, 6.07) is 7.54. The van der Waals surface area contributed by atoms with Crippen LogP contribution in [0.25, 0.3) is 0 Å². The van der Waals surface area contributed by atoms with Crippen molar-refractivity contribution in [2.24, 2.45) is 0 Å². The van der Waals surface area contributed by atoms with Crippen LogP contribution in [-0.2, 0) is 21.8 Å². The van der Waals surface area contributed by atoms with Crippen molar-refractivity contribution < 1.29 is 9.59 Å². The van der Waals surface area contributed by atoms with Crippen LogP contribution in [0.4, 0.5) is 0 Å². The lowest BCUT2D eigenvalue weighted by Gasteiger charge is -2.11. The first-order chi connectivity index (χ1) is 8.69. The molecule has 1 fully saturated rings. The van der Waals surface area contributed by atoms with Gasteiger partial charge in [0.05, 0.1) is 12.5 Å². The molecule has 1 aromatic rings. The van der Waals surface area contributed by atoms with Gasteiger partial charge in [0.1, 0.15) is 0 Å². The average molecular weight is 263 g/mol. The molecule has 0 bridgehead atoms. The number of amides is 1. The molecule has 1 unspecified atom stereocenters. The predicted molar refractivity (Wildman–Crippen MR) is 73.6 cm³/mol. The molecule has 0 saturated heterocycles. The van der Waals surface area contributed by atoms with Crippen LogP contribution in [0.5, 0.6) is 0 Å². The molecule has 4 heteroatoms. The molecule has 96 valence electrons. The standard InChI is InChI=1S/C14H17NO2S/c16-13-6-2-5-12(13)15-14(17)8-10-3-1-4-11(7-10)9-18/h1,3-4,7,12,18H,2,5-6,8-9H2,(H,15,17). The fourth-order valence-corrected chi connectivity index (χ4v) is 2.43. The molecule has 0 spiro atoms. The molecule has 0 heterocycles. The van der Waals surface area contributed by atoms with Gasteiger partial charge in [0.25, 0.3) is 0 Å². The Morgan fingerprint density at radius 2 is 2.17 bits per heavy atom. The minimum atomic E-state index is -0.259. The van der Waals surface area contributed by atoms with E-state index in [9.17, 15) is 9.59 Å². The Kier molecular flexibility index (Phi) is 4.42. The van der Waals surface area contributed by atoms with Crippen molar-refractivity contribution in [2.75, 3.05) is 0 Å². The van der Waals surface area contributed by atoms with E-state index in [1.54, 1.807) is 0 Å². The van der Waals surface area contributed by atoms with Crippen molar-refractivity contribution in [1.29, 1.82) is 0 Å². The highest BCUT2D eigenvalue weighted by Gasteiger charge is 2.25. The molecule has 18 heavy (non-hydrogen) atoms. The highest BCUT2D eigenvalue weighted by Crippen LogP contribution is 2.14. The maximum atomic E-state index is 11.8. The summed E-state index contributed by atoms with van der Waals surface area (Å²) in [6.07, 6.45) is 2.59. The lowest BCUT2D eigenvalue weighted by atomic mass is 10.1. The number of hydrogen-bond donors (Lipinski definition) is 2. The average Bonchev–Trinajstić information content (AvgIpc) is 2.75. The molecule has 3 nitrogen and oxygen atoms in total. The zero-order valence-corrected chi connectivity index (χ0v) is 11.1. The minimum Gasteiger partial charge on any atom is -0.346 e. The van der Waals surface area contributed by atoms with Crippen molar-refractivity contribution >= 4 is 24.3 Å². The van der Waals surface area contributed by atoms with Crippen LogP contribution in [0.1, 0.15) is 30.4 Å². The van der Waals surface area contributed by atoms with Gasteiger partial charge in [0, 0.05) is 12.2 Å². The Balaban J connectivity index is 1.92. The quantitative estimate of drug-likeness (QED) is 0.815. The van der Waals surface area contributed by atoms with E-state index in [1.807, 2.05) is 24.3 Å². The van der Waals surface area contributed by atoms with Gasteiger partial charge >= 0.3 is 0 Å². The van der Waals surface area contributed by atoms with Gasteiger partial charge < -0.3 is 5.32 Å². The van der Waals surface area contributed by atoms with Gasteiger partial charge in [-0.15, -0.1) is 0 Å². The fraction of sp³-hybridized carbons (Fsp3) is 0.429. The highest BCUT2D eigenvalue weighted by atomic mass is 32.1. The van der Waals surface area contributed by atoms with Gasteiger partial charge in [-0.05, 0) is 24.0 Å². The molecule has 0 radical (unpaired) electrons. The summed E-state index contributed by atoms with van der Waals surface area (Å²) in [5, 5.41) is 2.81. The summed E-state index contributed by atoms with van der Waals surface area (Å²) in [6.45, 7) is 0. The first-order valence-corrected chi connectivity index (χ1v) is 6.83. The zero-order valence-electron chi connectivity index (χ0n) is 10.2. The molecule has 2 rings (SSSR count). The third kappa shape index (κ3) is 3.35. The first-order valence-electron chi connectivity index (χ1n) is 6.20. The SMILES string of the molecule is O=C(Cc1cccc(CS)c1)NC1CCCC1=O. The van der Waals surface area contributed by atoms with Gasteiger partial charge in [-0.2, -0.15) is 12.6 Å². The molecular formula is C14H17NO2S. The number of nitrogens with one attached hydrogen (secondary N) is 1. The van der Waals surface area contributed by atoms with Crippen LogP contribution in [0.2, 0.25) is 0 Å². The first kappa shape index (κ1) is 13.1. The zero-order chi connectivity index (χ0) is 13.0. The van der Waals surface area contributed by atoms with Crippen molar-refractivity contribution in [3.05, 3.63) is 35.4 Å². The topological polar surface area (TPSA) is 46.2 Å². The van der Waals surface area contributed by atoms with Crippen molar-refractivity contribution in [2.45, 2.75) is 37.5 Å². The molecule has 0 aromatic heterocycles. The lowest BCUT2D eigenvalue weighted by molar-refractivity contribution is -0.126. The number of rotatable bonds is 4. The highest BCUT2D eigenvalue weighted by molar-refractivity contribution is 7.79. The number of hydrogen-bond acceptors (Lipinski definition) is 3. The van der Waals surface area contributed by atoms with E-state index in [-0.39, 0.29) is 17.7 Å². The summed E-state index contributed by atoms with van der Waals surface area (Å²) in [5.41, 5.74) is 2.06. The number of carbonyl (C=O) groups excluding carboxylic acids is 2. The van der Waals surface area contributed by atoms with Crippen LogP contribution >= 0.6 is 12.6 Å². The molecular weight excluding hydrogens is 246 g/mol. The molecule has 1 aliphatic rings. The van der Waals surface area contributed by atoms with Gasteiger partial charge in [0.2, 0.25) is 5.91 Å². The third-order valence-electron chi connectivity index (χ3n) is 3.18. The van der Waals surface area contributed by atoms with E-state index in [0.29, 0.717) is 18.6 Å². The summed E-state index contributed by atoms with van der Waals surface area (Å²) >= 11 is 4.21. The molecule has 1 amide bonds. The third-order valence-corrected chi connectivity index (χ3v) is 3.54. The van der Waals surface area contributed by atoms with E-state index in [1.165, 1.54) is 0 Å². The van der Waals surface area contributed by atoms with Gasteiger partial charge in [0.15, 0.2) is 5.78 Å². The van der Waals surface area contributed by atoms with Gasteiger partial charge in [-0.1, -0.05) is 24.3 Å². The van der Waals surface area contributed by atoms with Crippen molar-refractivity contribution in [3.63, 3.8) is 0 Å². The summed E-state index contributed by atoms with van der Waals surface area (Å²) < 4.78 is 0. The summed E-state index contributed by atoms with van der Waals surface area (Å²) in [5.74, 6) is 0.746. The van der Waals surface area contributed by atoms with E-state index in [4.69, 9.17) is 0 Å². The maximum absolute atomic E-state index is 11.8. The van der Waals surface area contributed by atoms with Gasteiger partial charge in [-0.25, -0.2) is 0 Å². The van der Waals surface area contributed by atoms with E-state index < -0.39 is 0 Å². The second-order valence-corrected chi connectivity index (χ2v) is 4.95. The number of Topliss-reactive ketones (excluding diaryl/α,β-unsaturated/α-hetero) is 1. The normalized spacial score (nSPS) is 18.9. The van der Waals surface area contributed by atoms with Gasteiger partial charge in [-0.3, -0.25) is 9.59 Å². The van der Waals surface area contributed by atoms with Crippen molar-refractivity contribution in [1.82, 2.24) is 5.32 Å². The van der Waals surface area contributed by atoms with E-state index in [2.05, 4.69) is 17.9 Å². The second kappa shape index (κ2) is 6.05. The molecule has 1 N–H and O–H groups in total. The summed E-state index contributed by atoms with van der Waals surface area (Å²) in [4.78, 5) is 23.3. The monoisotopic (exact) mass is 263 g/mol. The number of benzene rings is 1. The number of thiol groups is 1. The Labute approximate surface area is 112 Å². The number of carbonyl (C=O) groups is 2. The predicted octanol–water partition coefficient (Wildman–Crippen LogP) is 1.90. The van der Waals surface area contributed by atoms with Crippen LogP contribution < -0.4 is 5.32 Å². The molecule has 1 saturated carbocycles. The van der Waals surface area contributed by atoms with Crippen LogP contribution in [-0.4, -0.2) is 17.7 Å².